The molecule has 0 fully saturated rings. The molecule has 0 radical (unpaired) electrons. The number of benzene rings is 11. The third-order valence-electron chi connectivity index (χ3n) is 13.3. The maximum atomic E-state index is 6.60. The van der Waals surface area contributed by atoms with Crippen LogP contribution in [0.15, 0.2) is 259 Å². The van der Waals surface area contributed by atoms with Crippen LogP contribution in [0.2, 0.25) is 0 Å². The Morgan fingerprint density at radius 3 is 1.53 bits per heavy atom. The van der Waals surface area contributed by atoms with Gasteiger partial charge in [-0.15, -0.1) is 11.3 Å². The zero-order chi connectivity index (χ0) is 45.0. The molecule has 0 aliphatic carbocycles. The number of hydrogen-bond donors (Lipinski definition) is 0. The zero-order valence-corrected chi connectivity index (χ0v) is 37.8. The summed E-state index contributed by atoms with van der Waals surface area (Å²) in [6.07, 6.45) is 0. The summed E-state index contributed by atoms with van der Waals surface area (Å²) in [5.41, 5.74) is 15.0. The van der Waals surface area contributed by atoms with Crippen molar-refractivity contribution >= 4 is 98.3 Å². The number of hydrogen-bond acceptors (Lipinski definition) is 4. The third kappa shape index (κ3) is 6.65. The van der Waals surface area contributed by atoms with Crippen molar-refractivity contribution in [2.45, 2.75) is 0 Å². The van der Waals surface area contributed by atoms with Gasteiger partial charge < -0.3 is 14.2 Å². The number of nitrogens with zero attached hydrogens (tertiary/aromatic N) is 2. The van der Waals surface area contributed by atoms with Crippen LogP contribution in [0.5, 0.6) is 0 Å². The molecule has 0 saturated heterocycles. The Labute approximate surface area is 398 Å². The Hall–Kier alpha value is -8.70. The van der Waals surface area contributed by atoms with Crippen LogP contribution in [0.25, 0.3) is 86.3 Å². The molecule has 4 heteroatoms. The van der Waals surface area contributed by atoms with Crippen LogP contribution in [0.3, 0.4) is 0 Å². The van der Waals surface area contributed by atoms with Gasteiger partial charge in [-0.05, 0) is 76.7 Å². The second-order valence-electron chi connectivity index (χ2n) is 17.2. The van der Waals surface area contributed by atoms with E-state index in [1.54, 1.807) is 0 Å². The van der Waals surface area contributed by atoms with Crippen LogP contribution in [-0.2, 0) is 0 Å². The first-order valence-corrected chi connectivity index (χ1v) is 23.9. The highest BCUT2D eigenvalue weighted by Gasteiger charge is 2.27. The topological polar surface area (TPSA) is 19.6 Å². The van der Waals surface area contributed by atoms with Crippen LogP contribution in [-0.4, -0.2) is 0 Å². The Balaban J connectivity index is 1.08. The van der Waals surface area contributed by atoms with Crippen LogP contribution in [0.4, 0.5) is 34.1 Å². The van der Waals surface area contributed by atoms with Gasteiger partial charge >= 0.3 is 0 Å². The number of para-hydroxylation sites is 4. The number of fused-ring (bicyclic) bond motifs is 7. The summed E-state index contributed by atoms with van der Waals surface area (Å²) in [6, 6.07) is 92.0. The van der Waals surface area contributed by atoms with Gasteiger partial charge in [0.25, 0.3) is 0 Å². The molecule has 3 nitrogen and oxygen atoms in total. The predicted octanol–water partition coefficient (Wildman–Crippen LogP) is 19.0. The van der Waals surface area contributed by atoms with Crippen molar-refractivity contribution < 1.29 is 4.42 Å². The molecule has 320 valence electrons. The van der Waals surface area contributed by atoms with Gasteiger partial charge in [-0.25, -0.2) is 0 Å². The van der Waals surface area contributed by atoms with Gasteiger partial charge in [0.2, 0.25) is 0 Å². The highest BCUT2D eigenvalue weighted by atomic mass is 32.1. The summed E-state index contributed by atoms with van der Waals surface area (Å²) in [4.78, 5) is 4.94. The maximum Gasteiger partial charge on any atom is 0.137 e. The van der Waals surface area contributed by atoms with Crippen molar-refractivity contribution in [3.8, 4) is 33.4 Å². The molecule has 11 aromatic carbocycles. The molecule has 0 saturated carbocycles. The summed E-state index contributed by atoms with van der Waals surface area (Å²) in [5, 5.41) is 7.07. The second-order valence-corrected chi connectivity index (χ2v) is 18.2. The SMILES string of the molecule is c1ccc(-c2ccccc2N(c2ccccc2-c2ccccc2N(c2ccc3c(c2)oc2ccccc23)c2cccc3c2sc2ccccc23)c2ccc(-c3ccccc3)c3ccccc23)cc1. The Bertz CT molecular complexity index is 4000. The van der Waals surface area contributed by atoms with Crippen molar-refractivity contribution in [3.05, 3.63) is 255 Å². The molecule has 0 aliphatic rings. The summed E-state index contributed by atoms with van der Waals surface area (Å²) < 4.78 is 9.09. The Morgan fingerprint density at radius 1 is 0.279 bits per heavy atom. The minimum absolute atomic E-state index is 0.851. The minimum atomic E-state index is 0.851. The molecular weight excluding hydrogens is 845 g/mol. The van der Waals surface area contributed by atoms with E-state index in [2.05, 4.69) is 259 Å². The van der Waals surface area contributed by atoms with E-state index < -0.39 is 0 Å². The average molecular weight is 887 g/mol. The van der Waals surface area contributed by atoms with Crippen LogP contribution < -0.4 is 9.80 Å². The highest BCUT2D eigenvalue weighted by molar-refractivity contribution is 7.26. The summed E-state index contributed by atoms with van der Waals surface area (Å²) >= 11 is 1.84. The third-order valence-corrected chi connectivity index (χ3v) is 14.5. The minimum Gasteiger partial charge on any atom is -0.456 e. The number of anilines is 6. The standard InChI is InChI=1S/C64H42N2OS/c1-3-20-43(21-4-1)46-40-41-59(49-26-8-7-25-48(46)49)66(56-32-14-9-24-47(56)44-22-5-2-6-23-44)58-34-16-11-28-51(58)50-27-10-15-33-57(50)65(45-38-39-53-52-29-12-17-36-61(52)67-62(53)42-45)60-35-19-31-55-54-30-13-18-37-63(54)68-64(55)60/h1-42H. The lowest BCUT2D eigenvalue weighted by Gasteiger charge is -2.33. The van der Waals surface area contributed by atoms with E-state index in [1.807, 2.05) is 17.4 Å². The highest BCUT2D eigenvalue weighted by Crippen LogP contribution is 2.52. The second kappa shape index (κ2) is 16.6. The monoisotopic (exact) mass is 886 g/mol. The molecule has 0 bridgehead atoms. The largest absolute Gasteiger partial charge is 0.456 e. The lowest BCUT2D eigenvalue weighted by atomic mass is 9.94. The Morgan fingerprint density at radius 2 is 0.794 bits per heavy atom. The van der Waals surface area contributed by atoms with Crippen LogP contribution >= 0.6 is 11.3 Å². The molecule has 0 N–H and O–H groups in total. The molecule has 13 rings (SSSR count). The van der Waals surface area contributed by atoms with Crippen molar-refractivity contribution in [1.82, 2.24) is 0 Å². The molecule has 2 aromatic heterocycles. The molecule has 0 spiro atoms. The number of rotatable bonds is 9. The van der Waals surface area contributed by atoms with Crippen molar-refractivity contribution in [1.29, 1.82) is 0 Å². The summed E-state index contributed by atoms with van der Waals surface area (Å²) in [5.74, 6) is 0. The first kappa shape index (κ1) is 39.6. The van der Waals surface area contributed by atoms with Gasteiger partial charge in [0.05, 0.1) is 33.1 Å². The fourth-order valence-electron chi connectivity index (χ4n) is 10.2. The van der Waals surface area contributed by atoms with Gasteiger partial charge in [0.1, 0.15) is 11.2 Å². The van der Waals surface area contributed by atoms with Crippen LogP contribution in [0.1, 0.15) is 0 Å². The van der Waals surface area contributed by atoms with Gasteiger partial charge in [-0.1, -0.05) is 194 Å². The molecule has 13 aromatic rings. The van der Waals surface area contributed by atoms with Gasteiger partial charge in [-0.3, -0.25) is 0 Å². The first-order chi connectivity index (χ1) is 33.8. The molecular formula is C64H42N2OS. The van der Waals surface area contributed by atoms with Crippen LogP contribution in [0, 0.1) is 0 Å². The number of furan rings is 1. The molecule has 0 amide bonds. The fraction of sp³-hybridized carbons (Fsp3) is 0. The van der Waals surface area contributed by atoms with E-state index in [0.29, 0.717) is 0 Å². The van der Waals surface area contributed by atoms with E-state index in [4.69, 9.17) is 4.42 Å². The van der Waals surface area contributed by atoms with Gasteiger partial charge in [-0.2, -0.15) is 0 Å². The van der Waals surface area contributed by atoms with E-state index >= 15 is 0 Å². The molecule has 2 heterocycles. The summed E-state index contributed by atoms with van der Waals surface area (Å²) in [7, 11) is 0. The summed E-state index contributed by atoms with van der Waals surface area (Å²) in [6.45, 7) is 0. The lowest BCUT2D eigenvalue weighted by molar-refractivity contribution is 0.669. The zero-order valence-electron chi connectivity index (χ0n) is 37.0. The van der Waals surface area contributed by atoms with E-state index in [9.17, 15) is 0 Å². The predicted molar refractivity (Wildman–Crippen MR) is 290 cm³/mol. The fourth-order valence-corrected chi connectivity index (χ4v) is 11.4. The van der Waals surface area contributed by atoms with E-state index in [1.165, 1.54) is 36.7 Å². The molecule has 0 atom stereocenters. The molecule has 0 unspecified atom stereocenters. The van der Waals surface area contributed by atoms with E-state index in [0.717, 1.165) is 83.7 Å². The van der Waals surface area contributed by atoms with Crippen molar-refractivity contribution in [2.75, 3.05) is 9.80 Å². The maximum absolute atomic E-state index is 6.60. The van der Waals surface area contributed by atoms with Gasteiger partial charge in [0.15, 0.2) is 0 Å². The molecule has 0 aliphatic heterocycles. The molecule has 68 heavy (non-hydrogen) atoms. The van der Waals surface area contributed by atoms with Crippen molar-refractivity contribution in [3.63, 3.8) is 0 Å². The smallest absolute Gasteiger partial charge is 0.137 e. The average Bonchev–Trinajstić information content (AvgIpc) is 3.99. The normalized spacial score (nSPS) is 11.5. The van der Waals surface area contributed by atoms with E-state index in [-0.39, 0.29) is 0 Å². The quantitative estimate of drug-likeness (QED) is 0.144. The lowest BCUT2D eigenvalue weighted by Crippen LogP contribution is -2.14. The number of thiophene rings is 1. The Kier molecular flexibility index (Phi) is 9.69. The first-order valence-electron chi connectivity index (χ1n) is 23.1. The van der Waals surface area contributed by atoms with Crippen molar-refractivity contribution in [2.24, 2.45) is 0 Å². The van der Waals surface area contributed by atoms with Gasteiger partial charge in [0, 0.05) is 60.1 Å².